The number of aromatic carboxylic acids is 1. The topological polar surface area (TPSA) is 67.8 Å². The molecule has 0 atom stereocenters. The summed E-state index contributed by atoms with van der Waals surface area (Å²) in [6.07, 6.45) is 0. The van der Waals surface area contributed by atoms with Gasteiger partial charge in [0, 0.05) is 12.2 Å². The third-order valence-electron chi connectivity index (χ3n) is 4.70. The molecule has 3 aromatic rings. The van der Waals surface area contributed by atoms with Gasteiger partial charge in [0.1, 0.15) is 6.61 Å². The van der Waals surface area contributed by atoms with E-state index in [0.29, 0.717) is 39.7 Å². The Bertz CT molecular complexity index is 1130. The second kappa shape index (κ2) is 10.8. The molecule has 0 saturated carbocycles. The Kier molecular flexibility index (Phi) is 8.13. The van der Waals surface area contributed by atoms with Gasteiger partial charge >= 0.3 is 5.97 Å². The van der Waals surface area contributed by atoms with Crippen LogP contribution in [0.4, 0.5) is 5.69 Å². The van der Waals surface area contributed by atoms with Crippen LogP contribution in [0.25, 0.3) is 0 Å². The van der Waals surface area contributed by atoms with Gasteiger partial charge in [0.05, 0.1) is 27.2 Å². The van der Waals surface area contributed by atoms with E-state index < -0.39 is 5.97 Å². The summed E-state index contributed by atoms with van der Waals surface area (Å²) in [6, 6.07) is 13.9. The number of halogens is 3. The smallest absolute Gasteiger partial charge is 0.335 e. The average Bonchev–Trinajstić information content (AvgIpc) is 2.75. The zero-order chi connectivity index (χ0) is 23.3. The average molecular weight is 495 g/mol. The number of carboxylic acid groups (broad SMARTS) is 1. The molecular formula is C24H22Cl3NO4. The lowest BCUT2D eigenvalue weighted by atomic mass is 10.1. The van der Waals surface area contributed by atoms with E-state index in [-0.39, 0.29) is 12.2 Å². The van der Waals surface area contributed by atoms with E-state index in [1.165, 1.54) is 0 Å². The van der Waals surface area contributed by atoms with Gasteiger partial charge in [-0.15, -0.1) is 0 Å². The van der Waals surface area contributed by atoms with Crippen molar-refractivity contribution >= 4 is 46.5 Å². The highest BCUT2D eigenvalue weighted by Crippen LogP contribution is 2.38. The molecule has 3 aromatic carbocycles. The second-order valence-electron chi connectivity index (χ2n) is 7.06. The lowest BCUT2D eigenvalue weighted by Crippen LogP contribution is -2.06. The number of ether oxygens (including phenoxy) is 2. The van der Waals surface area contributed by atoms with Gasteiger partial charge in [0.15, 0.2) is 11.5 Å². The molecule has 0 saturated heterocycles. The quantitative estimate of drug-likeness (QED) is 0.328. The molecule has 0 bridgehead atoms. The second-order valence-corrected chi connectivity index (χ2v) is 8.29. The number of rotatable bonds is 9. The first-order valence-corrected chi connectivity index (χ1v) is 11.0. The first kappa shape index (κ1) is 24.1. The van der Waals surface area contributed by atoms with Gasteiger partial charge in [0.25, 0.3) is 0 Å². The molecule has 0 aliphatic heterocycles. The van der Waals surface area contributed by atoms with E-state index >= 15 is 0 Å². The van der Waals surface area contributed by atoms with Crippen LogP contribution in [0, 0.1) is 6.92 Å². The maximum atomic E-state index is 11.2. The zero-order valence-electron chi connectivity index (χ0n) is 17.5. The van der Waals surface area contributed by atoms with Crippen LogP contribution in [0.3, 0.4) is 0 Å². The molecule has 0 fully saturated rings. The molecule has 0 aliphatic rings. The number of aryl methyl sites for hydroxylation is 1. The number of carboxylic acids is 1. The zero-order valence-corrected chi connectivity index (χ0v) is 19.8. The SMILES string of the molecule is CCOc1cc(CNc2cc(C(=O)O)ccc2C)cc(Cl)c1OCc1ccc(Cl)c(Cl)c1. The highest BCUT2D eigenvalue weighted by molar-refractivity contribution is 6.42. The first-order valence-electron chi connectivity index (χ1n) is 9.88. The van der Waals surface area contributed by atoms with Crippen molar-refractivity contribution < 1.29 is 19.4 Å². The molecule has 5 nitrogen and oxygen atoms in total. The molecule has 32 heavy (non-hydrogen) atoms. The number of hydrogen-bond donors (Lipinski definition) is 2. The third-order valence-corrected chi connectivity index (χ3v) is 5.72. The van der Waals surface area contributed by atoms with E-state index in [1.807, 2.05) is 26.0 Å². The van der Waals surface area contributed by atoms with Crippen LogP contribution >= 0.6 is 34.8 Å². The van der Waals surface area contributed by atoms with E-state index in [1.54, 1.807) is 36.4 Å². The maximum absolute atomic E-state index is 11.2. The molecule has 0 amide bonds. The normalized spacial score (nSPS) is 10.7. The van der Waals surface area contributed by atoms with Crippen molar-refractivity contribution in [2.45, 2.75) is 27.0 Å². The minimum atomic E-state index is -0.974. The lowest BCUT2D eigenvalue weighted by molar-refractivity contribution is 0.0697. The summed E-state index contributed by atoms with van der Waals surface area (Å²) in [5.74, 6) is -0.0153. The monoisotopic (exact) mass is 493 g/mol. The van der Waals surface area contributed by atoms with Crippen LogP contribution in [0.5, 0.6) is 11.5 Å². The van der Waals surface area contributed by atoms with Crippen molar-refractivity contribution in [2.75, 3.05) is 11.9 Å². The van der Waals surface area contributed by atoms with E-state index in [2.05, 4.69) is 5.32 Å². The van der Waals surface area contributed by atoms with Gasteiger partial charge in [0.2, 0.25) is 0 Å². The molecule has 0 aromatic heterocycles. The fourth-order valence-corrected chi connectivity index (χ4v) is 3.66. The van der Waals surface area contributed by atoms with Crippen molar-refractivity contribution in [1.29, 1.82) is 0 Å². The maximum Gasteiger partial charge on any atom is 0.335 e. The van der Waals surface area contributed by atoms with Gasteiger partial charge in [-0.1, -0.05) is 46.9 Å². The Balaban J connectivity index is 1.78. The van der Waals surface area contributed by atoms with Crippen molar-refractivity contribution in [3.05, 3.63) is 85.9 Å². The van der Waals surface area contributed by atoms with Crippen molar-refractivity contribution in [2.24, 2.45) is 0 Å². The predicted molar refractivity (Wildman–Crippen MR) is 129 cm³/mol. The fraction of sp³-hybridized carbons (Fsp3) is 0.208. The van der Waals surface area contributed by atoms with Crippen LogP contribution in [-0.4, -0.2) is 17.7 Å². The van der Waals surface area contributed by atoms with Crippen LogP contribution in [0.1, 0.15) is 34.0 Å². The Hall–Kier alpha value is -2.60. The number of nitrogens with one attached hydrogen (secondary N) is 1. The highest BCUT2D eigenvalue weighted by Gasteiger charge is 2.14. The molecule has 8 heteroatoms. The Labute approximate surface area is 201 Å². The Morgan fingerprint density at radius 1 is 0.938 bits per heavy atom. The van der Waals surface area contributed by atoms with Crippen molar-refractivity contribution in [1.82, 2.24) is 0 Å². The van der Waals surface area contributed by atoms with Gasteiger partial charge in [-0.2, -0.15) is 0 Å². The first-order chi connectivity index (χ1) is 15.3. The van der Waals surface area contributed by atoms with Crippen LogP contribution in [-0.2, 0) is 13.2 Å². The number of hydrogen-bond acceptors (Lipinski definition) is 4. The minimum absolute atomic E-state index is 0.220. The van der Waals surface area contributed by atoms with Crippen LogP contribution in [0.15, 0.2) is 48.5 Å². The van der Waals surface area contributed by atoms with Crippen molar-refractivity contribution in [3.8, 4) is 11.5 Å². The van der Waals surface area contributed by atoms with Crippen LogP contribution in [0.2, 0.25) is 15.1 Å². The molecule has 0 aliphatic carbocycles. The molecule has 2 N–H and O–H groups in total. The molecule has 168 valence electrons. The van der Waals surface area contributed by atoms with Gasteiger partial charge in [-0.05, 0) is 66.9 Å². The number of benzene rings is 3. The molecule has 0 heterocycles. The number of carbonyl (C=O) groups is 1. The summed E-state index contributed by atoms with van der Waals surface area (Å²) < 4.78 is 11.7. The molecule has 3 rings (SSSR count). The minimum Gasteiger partial charge on any atom is -0.490 e. The fourth-order valence-electron chi connectivity index (χ4n) is 3.05. The van der Waals surface area contributed by atoms with E-state index in [4.69, 9.17) is 44.3 Å². The molecule has 0 unspecified atom stereocenters. The summed E-state index contributed by atoms with van der Waals surface area (Å²) >= 11 is 18.6. The van der Waals surface area contributed by atoms with E-state index in [0.717, 1.165) is 22.4 Å². The number of anilines is 1. The Morgan fingerprint density at radius 2 is 1.69 bits per heavy atom. The predicted octanol–water partition coefficient (Wildman–Crippen LogP) is 7.24. The van der Waals surface area contributed by atoms with Gasteiger partial charge in [-0.25, -0.2) is 4.79 Å². The highest BCUT2D eigenvalue weighted by atomic mass is 35.5. The summed E-state index contributed by atoms with van der Waals surface area (Å²) in [7, 11) is 0. The summed E-state index contributed by atoms with van der Waals surface area (Å²) in [6.45, 7) is 4.90. The summed E-state index contributed by atoms with van der Waals surface area (Å²) in [5, 5.41) is 13.8. The summed E-state index contributed by atoms with van der Waals surface area (Å²) in [5.41, 5.74) is 3.60. The standard InChI is InChI=1S/C24H22Cl3NO4/c1-3-31-22-10-16(12-28-21-11-17(24(29)30)6-4-14(21)2)9-20(27)23(22)32-13-15-5-7-18(25)19(26)8-15/h4-11,28H,3,12-13H2,1-2H3,(H,29,30). The van der Waals surface area contributed by atoms with Crippen LogP contribution < -0.4 is 14.8 Å². The Morgan fingerprint density at radius 3 is 2.38 bits per heavy atom. The lowest BCUT2D eigenvalue weighted by Gasteiger charge is -2.16. The third kappa shape index (κ3) is 6.00. The molecule has 0 radical (unpaired) electrons. The van der Waals surface area contributed by atoms with E-state index in [9.17, 15) is 9.90 Å². The largest absolute Gasteiger partial charge is 0.490 e. The summed E-state index contributed by atoms with van der Waals surface area (Å²) in [4.78, 5) is 11.2. The van der Waals surface area contributed by atoms with Gasteiger partial charge in [-0.3, -0.25) is 0 Å². The van der Waals surface area contributed by atoms with Crippen molar-refractivity contribution in [3.63, 3.8) is 0 Å². The molecule has 0 spiro atoms. The molecular weight excluding hydrogens is 473 g/mol. The van der Waals surface area contributed by atoms with Gasteiger partial charge < -0.3 is 19.9 Å².